The van der Waals surface area contributed by atoms with Gasteiger partial charge in [-0.05, 0) is 38.2 Å². The highest BCUT2D eigenvalue weighted by Gasteiger charge is 2.10. The summed E-state index contributed by atoms with van der Waals surface area (Å²) < 4.78 is 0. The van der Waals surface area contributed by atoms with E-state index < -0.39 is 0 Å². The van der Waals surface area contributed by atoms with Gasteiger partial charge in [0.15, 0.2) is 0 Å². The molecule has 0 unspecified atom stereocenters. The van der Waals surface area contributed by atoms with Crippen molar-refractivity contribution >= 4 is 11.6 Å². The van der Waals surface area contributed by atoms with Gasteiger partial charge in [0.1, 0.15) is 0 Å². The molecule has 0 fully saturated rings. The third-order valence-electron chi connectivity index (χ3n) is 2.40. The number of carbonyl (C=O) groups excluding carboxylic acids is 1. The first-order chi connectivity index (χ1) is 7.65. The summed E-state index contributed by atoms with van der Waals surface area (Å²) in [6.07, 6.45) is 0.945. The minimum atomic E-state index is 0.0170. The van der Waals surface area contributed by atoms with Gasteiger partial charge in [0.05, 0.1) is 0 Å². The van der Waals surface area contributed by atoms with Crippen LogP contribution in [0.4, 0.5) is 5.69 Å². The smallest absolute Gasteiger partial charge is 0.253 e. The summed E-state index contributed by atoms with van der Waals surface area (Å²) >= 11 is 0. The van der Waals surface area contributed by atoms with E-state index in [1.807, 2.05) is 7.05 Å². The fraction of sp³-hybridized carbons (Fsp3) is 0.417. The van der Waals surface area contributed by atoms with Crippen molar-refractivity contribution in [1.29, 1.82) is 0 Å². The molecule has 4 heteroatoms. The summed E-state index contributed by atoms with van der Waals surface area (Å²) in [6, 6.07) is 7.06. The molecule has 0 aliphatic rings. The minimum Gasteiger partial charge on any atom is -0.399 e. The fourth-order valence-electron chi connectivity index (χ4n) is 1.49. The predicted octanol–water partition coefficient (Wildman–Crippen LogP) is 0.950. The van der Waals surface area contributed by atoms with Gasteiger partial charge in [-0.15, -0.1) is 0 Å². The van der Waals surface area contributed by atoms with Gasteiger partial charge in [0.25, 0.3) is 5.91 Å². The lowest BCUT2D eigenvalue weighted by molar-refractivity contribution is 0.0794. The second kappa shape index (κ2) is 6.12. The number of amides is 1. The highest BCUT2D eigenvalue weighted by Crippen LogP contribution is 2.08. The average Bonchev–Trinajstić information content (AvgIpc) is 2.28. The van der Waals surface area contributed by atoms with Crippen LogP contribution in [0.15, 0.2) is 24.3 Å². The van der Waals surface area contributed by atoms with Crippen LogP contribution >= 0.6 is 0 Å². The van der Waals surface area contributed by atoms with Crippen LogP contribution in [-0.4, -0.2) is 38.0 Å². The molecule has 1 aromatic rings. The zero-order valence-electron chi connectivity index (χ0n) is 9.86. The van der Waals surface area contributed by atoms with Gasteiger partial charge in [-0.3, -0.25) is 4.79 Å². The minimum absolute atomic E-state index is 0.0170. The summed E-state index contributed by atoms with van der Waals surface area (Å²) in [6.45, 7) is 1.66. The molecule has 0 saturated heterocycles. The van der Waals surface area contributed by atoms with E-state index in [-0.39, 0.29) is 5.91 Å². The Bertz CT molecular complexity index is 352. The maximum atomic E-state index is 11.9. The molecular formula is C12H19N3O. The number of carbonyl (C=O) groups is 1. The average molecular weight is 221 g/mol. The molecular weight excluding hydrogens is 202 g/mol. The number of benzene rings is 1. The van der Waals surface area contributed by atoms with Crippen LogP contribution in [0.5, 0.6) is 0 Å². The third kappa shape index (κ3) is 3.55. The highest BCUT2D eigenvalue weighted by molar-refractivity contribution is 5.94. The van der Waals surface area contributed by atoms with Crippen molar-refractivity contribution in [2.45, 2.75) is 6.42 Å². The Hall–Kier alpha value is -1.55. The molecule has 0 heterocycles. The van der Waals surface area contributed by atoms with Crippen LogP contribution in [0.3, 0.4) is 0 Å². The van der Waals surface area contributed by atoms with Crippen LogP contribution in [-0.2, 0) is 0 Å². The molecule has 0 bridgehead atoms. The number of nitrogens with one attached hydrogen (secondary N) is 1. The van der Waals surface area contributed by atoms with Crippen molar-refractivity contribution in [2.24, 2.45) is 0 Å². The summed E-state index contributed by atoms with van der Waals surface area (Å²) in [4.78, 5) is 13.7. The predicted molar refractivity (Wildman–Crippen MR) is 66.4 cm³/mol. The van der Waals surface area contributed by atoms with Gasteiger partial charge in [-0.25, -0.2) is 0 Å². The number of hydrogen-bond acceptors (Lipinski definition) is 3. The number of nitrogen functional groups attached to an aromatic ring is 1. The lowest BCUT2D eigenvalue weighted by Crippen LogP contribution is -2.29. The second-order valence-corrected chi connectivity index (χ2v) is 3.81. The van der Waals surface area contributed by atoms with E-state index in [0.717, 1.165) is 19.5 Å². The van der Waals surface area contributed by atoms with Crippen molar-refractivity contribution in [1.82, 2.24) is 10.2 Å². The molecule has 4 nitrogen and oxygen atoms in total. The zero-order chi connectivity index (χ0) is 12.0. The Labute approximate surface area is 96.4 Å². The standard InChI is InChI=1S/C12H19N3O/c1-14-7-4-8-15(2)12(16)10-5-3-6-11(13)9-10/h3,5-6,9,14H,4,7-8,13H2,1-2H3. The van der Waals surface area contributed by atoms with Gasteiger partial charge in [-0.2, -0.15) is 0 Å². The molecule has 0 saturated carbocycles. The van der Waals surface area contributed by atoms with Crippen molar-refractivity contribution in [2.75, 3.05) is 32.9 Å². The van der Waals surface area contributed by atoms with Crippen LogP contribution in [0.1, 0.15) is 16.8 Å². The van der Waals surface area contributed by atoms with E-state index in [4.69, 9.17) is 5.73 Å². The van der Waals surface area contributed by atoms with Crippen LogP contribution in [0.2, 0.25) is 0 Å². The van der Waals surface area contributed by atoms with Gasteiger partial charge in [-0.1, -0.05) is 6.07 Å². The molecule has 0 spiro atoms. The molecule has 0 atom stereocenters. The van der Waals surface area contributed by atoms with Crippen molar-refractivity contribution in [3.8, 4) is 0 Å². The van der Waals surface area contributed by atoms with Crippen LogP contribution in [0, 0.1) is 0 Å². The Balaban J connectivity index is 2.56. The largest absolute Gasteiger partial charge is 0.399 e. The number of nitrogens with zero attached hydrogens (tertiary/aromatic N) is 1. The normalized spacial score (nSPS) is 10.1. The Kier molecular flexibility index (Phi) is 4.79. The highest BCUT2D eigenvalue weighted by atomic mass is 16.2. The molecule has 0 aromatic heterocycles. The van der Waals surface area contributed by atoms with E-state index in [0.29, 0.717) is 11.3 Å². The maximum absolute atomic E-state index is 11.9. The fourth-order valence-corrected chi connectivity index (χ4v) is 1.49. The molecule has 88 valence electrons. The Morgan fingerprint density at radius 3 is 2.88 bits per heavy atom. The Morgan fingerprint density at radius 1 is 1.50 bits per heavy atom. The molecule has 3 N–H and O–H groups in total. The first-order valence-corrected chi connectivity index (χ1v) is 5.40. The third-order valence-corrected chi connectivity index (χ3v) is 2.40. The summed E-state index contributed by atoms with van der Waals surface area (Å²) in [5, 5.41) is 3.05. The summed E-state index contributed by atoms with van der Waals surface area (Å²) in [5.74, 6) is 0.0170. The quantitative estimate of drug-likeness (QED) is 0.575. The Morgan fingerprint density at radius 2 is 2.25 bits per heavy atom. The molecule has 0 aliphatic heterocycles. The van der Waals surface area contributed by atoms with Crippen LogP contribution in [0.25, 0.3) is 0 Å². The summed E-state index contributed by atoms with van der Waals surface area (Å²) in [7, 11) is 3.71. The zero-order valence-corrected chi connectivity index (χ0v) is 9.86. The SMILES string of the molecule is CNCCCN(C)C(=O)c1cccc(N)c1. The lowest BCUT2D eigenvalue weighted by atomic mass is 10.2. The van der Waals surface area contributed by atoms with Crippen molar-refractivity contribution < 1.29 is 4.79 Å². The van der Waals surface area contributed by atoms with E-state index >= 15 is 0 Å². The monoisotopic (exact) mass is 221 g/mol. The number of rotatable bonds is 5. The first kappa shape index (κ1) is 12.5. The molecule has 0 aliphatic carbocycles. The molecule has 0 radical (unpaired) electrons. The second-order valence-electron chi connectivity index (χ2n) is 3.81. The van der Waals surface area contributed by atoms with E-state index in [9.17, 15) is 4.79 Å². The van der Waals surface area contributed by atoms with Crippen LogP contribution < -0.4 is 11.1 Å². The number of anilines is 1. The topological polar surface area (TPSA) is 58.4 Å². The lowest BCUT2D eigenvalue weighted by Gasteiger charge is -2.17. The molecule has 1 amide bonds. The van der Waals surface area contributed by atoms with Crippen molar-refractivity contribution in [3.05, 3.63) is 29.8 Å². The van der Waals surface area contributed by atoms with Gasteiger partial charge >= 0.3 is 0 Å². The maximum Gasteiger partial charge on any atom is 0.253 e. The van der Waals surface area contributed by atoms with E-state index in [1.54, 1.807) is 36.2 Å². The van der Waals surface area contributed by atoms with Gasteiger partial charge < -0.3 is 16.0 Å². The number of hydrogen-bond donors (Lipinski definition) is 2. The summed E-state index contributed by atoms with van der Waals surface area (Å²) in [5.41, 5.74) is 6.90. The molecule has 1 rings (SSSR count). The van der Waals surface area contributed by atoms with Gasteiger partial charge in [0, 0.05) is 24.8 Å². The van der Waals surface area contributed by atoms with Crippen molar-refractivity contribution in [3.63, 3.8) is 0 Å². The number of nitrogens with two attached hydrogens (primary N) is 1. The van der Waals surface area contributed by atoms with E-state index in [2.05, 4.69) is 5.32 Å². The van der Waals surface area contributed by atoms with Gasteiger partial charge in [0.2, 0.25) is 0 Å². The molecule has 1 aromatic carbocycles. The van der Waals surface area contributed by atoms with E-state index in [1.165, 1.54) is 0 Å². The first-order valence-electron chi connectivity index (χ1n) is 5.40. The molecule has 16 heavy (non-hydrogen) atoms.